The van der Waals surface area contributed by atoms with Gasteiger partial charge in [0.1, 0.15) is 0 Å². The van der Waals surface area contributed by atoms with Crippen LogP contribution in [-0.2, 0) is 12.8 Å². The molecule has 3 aromatic rings. The lowest BCUT2D eigenvalue weighted by molar-refractivity contribution is 0.356. The molecule has 1 aliphatic carbocycles. The summed E-state index contributed by atoms with van der Waals surface area (Å²) >= 11 is 0. The van der Waals surface area contributed by atoms with Crippen LogP contribution in [0.5, 0.6) is 0 Å². The number of pyridine rings is 1. The zero-order valence-corrected chi connectivity index (χ0v) is 13.7. The van der Waals surface area contributed by atoms with Crippen LogP contribution in [-0.4, -0.2) is 15.1 Å². The van der Waals surface area contributed by atoms with E-state index in [0.29, 0.717) is 23.2 Å². The predicted octanol–water partition coefficient (Wildman–Crippen LogP) is 3.31. The molecule has 0 bridgehead atoms. The van der Waals surface area contributed by atoms with Gasteiger partial charge in [0.2, 0.25) is 11.7 Å². The number of hydrogen-bond donors (Lipinski definition) is 1. The summed E-state index contributed by atoms with van der Waals surface area (Å²) in [4.78, 5) is 19.7. The summed E-state index contributed by atoms with van der Waals surface area (Å²) in [6, 6.07) is 11.9. The minimum atomic E-state index is -0.172. The molecule has 2 heterocycles. The van der Waals surface area contributed by atoms with Crippen LogP contribution in [0.2, 0.25) is 0 Å². The maximum Gasteiger partial charge on any atom is 0.259 e. The van der Waals surface area contributed by atoms with E-state index >= 15 is 0 Å². The summed E-state index contributed by atoms with van der Waals surface area (Å²) in [5.41, 5.74) is 3.75. The van der Waals surface area contributed by atoms with Crippen molar-refractivity contribution in [3.8, 4) is 11.4 Å². The first-order chi connectivity index (χ1) is 11.6. The summed E-state index contributed by atoms with van der Waals surface area (Å²) in [6.07, 6.45) is 1.74. The summed E-state index contributed by atoms with van der Waals surface area (Å²) in [5.74, 6) is 1.56. The molecule has 0 spiro atoms. The van der Waals surface area contributed by atoms with Gasteiger partial charge in [0.05, 0.1) is 11.5 Å². The first-order valence-corrected chi connectivity index (χ1v) is 8.26. The molecule has 0 saturated heterocycles. The molecule has 1 atom stereocenters. The molecule has 1 unspecified atom stereocenters. The fourth-order valence-electron chi connectivity index (χ4n) is 3.21. The van der Waals surface area contributed by atoms with Crippen LogP contribution in [0, 0.1) is 5.92 Å². The lowest BCUT2D eigenvalue weighted by atomic mass is 9.77. The van der Waals surface area contributed by atoms with Gasteiger partial charge in [-0.15, -0.1) is 0 Å². The topological polar surface area (TPSA) is 71.8 Å². The summed E-state index contributed by atoms with van der Waals surface area (Å²) < 4.78 is 5.42. The van der Waals surface area contributed by atoms with Gasteiger partial charge in [0.15, 0.2) is 0 Å². The van der Waals surface area contributed by atoms with Gasteiger partial charge in [-0.1, -0.05) is 43.3 Å². The molecule has 1 aliphatic rings. The van der Waals surface area contributed by atoms with Crippen molar-refractivity contribution in [1.29, 1.82) is 0 Å². The van der Waals surface area contributed by atoms with Crippen LogP contribution in [0.3, 0.4) is 0 Å². The van der Waals surface area contributed by atoms with Crippen LogP contribution in [0.25, 0.3) is 11.4 Å². The number of aromatic amines is 1. The molecule has 0 amide bonds. The molecule has 0 aliphatic heterocycles. The van der Waals surface area contributed by atoms with Crippen LogP contribution in [0.15, 0.2) is 45.7 Å². The van der Waals surface area contributed by atoms with Crippen molar-refractivity contribution >= 4 is 0 Å². The van der Waals surface area contributed by atoms with Gasteiger partial charge in [-0.25, -0.2) is 0 Å². The fourth-order valence-corrected chi connectivity index (χ4v) is 3.21. The smallest absolute Gasteiger partial charge is 0.259 e. The molecule has 0 saturated carbocycles. The summed E-state index contributed by atoms with van der Waals surface area (Å²) in [7, 11) is 0. The van der Waals surface area contributed by atoms with E-state index < -0.39 is 0 Å². The van der Waals surface area contributed by atoms with Gasteiger partial charge in [-0.05, 0) is 42.0 Å². The second kappa shape index (κ2) is 5.74. The van der Waals surface area contributed by atoms with E-state index in [1.54, 1.807) is 6.07 Å². The number of H-pyrrole nitrogens is 1. The number of aromatic nitrogens is 3. The van der Waals surface area contributed by atoms with Crippen molar-refractivity contribution in [3.05, 3.63) is 69.5 Å². The van der Waals surface area contributed by atoms with Crippen LogP contribution in [0.1, 0.15) is 42.5 Å². The molecule has 24 heavy (non-hydrogen) atoms. The average Bonchev–Trinajstić information content (AvgIpc) is 2.97. The quantitative estimate of drug-likeness (QED) is 0.800. The van der Waals surface area contributed by atoms with Gasteiger partial charge >= 0.3 is 0 Å². The highest BCUT2D eigenvalue weighted by molar-refractivity contribution is 5.53. The maximum absolute atomic E-state index is 12.3. The minimum Gasteiger partial charge on any atom is -0.338 e. The largest absolute Gasteiger partial charge is 0.338 e. The summed E-state index contributed by atoms with van der Waals surface area (Å²) in [6.45, 7) is 4.24. The number of fused-ring (bicyclic) bond motifs is 1. The molecule has 0 fully saturated rings. The van der Waals surface area contributed by atoms with E-state index in [9.17, 15) is 4.79 Å². The number of rotatable bonds is 4. The third kappa shape index (κ3) is 2.56. The van der Waals surface area contributed by atoms with Crippen molar-refractivity contribution in [3.63, 3.8) is 0 Å². The molecule has 5 heteroatoms. The Morgan fingerprint density at radius 2 is 2.08 bits per heavy atom. The zero-order valence-electron chi connectivity index (χ0n) is 13.7. The van der Waals surface area contributed by atoms with Gasteiger partial charge in [-0.3, -0.25) is 4.79 Å². The number of hydrogen-bond acceptors (Lipinski definition) is 4. The fraction of sp³-hybridized carbons (Fsp3) is 0.316. The lowest BCUT2D eigenvalue weighted by Gasteiger charge is -2.26. The molecule has 1 N–H and O–H groups in total. The van der Waals surface area contributed by atoms with Gasteiger partial charge < -0.3 is 9.51 Å². The molecular weight excluding hydrogens is 302 g/mol. The van der Waals surface area contributed by atoms with Gasteiger partial charge in [0, 0.05) is 5.69 Å². The van der Waals surface area contributed by atoms with E-state index in [-0.39, 0.29) is 11.5 Å². The van der Waals surface area contributed by atoms with E-state index in [1.807, 2.05) is 18.2 Å². The Morgan fingerprint density at radius 3 is 2.83 bits per heavy atom. The third-order valence-electron chi connectivity index (χ3n) is 4.43. The van der Waals surface area contributed by atoms with Crippen molar-refractivity contribution < 1.29 is 4.52 Å². The normalized spacial score (nSPS) is 16.0. The Kier molecular flexibility index (Phi) is 3.56. The molecule has 5 nitrogen and oxygen atoms in total. The van der Waals surface area contributed by atoms with Crippen molar-refractivity contribution in [2.45, 2.75) is 32.6 Å². The second-order valence-corrected chi connectivity index (χ2v) is 6.74. The molecule has 0 radical (unpaired) electrons. The average molecular weight is 321 g/mol. The van der Waals surface area contributed by atoms with Crippen LogP contribution < -0.4 is 5.56 Å². The van der Waals surface area contributed by atoms with Crippen molar-refractivity contribution in [2.75, 3.05) is 0 Å². The minimum absolute atomic E-state index is 0.141. The van der Waals surface area contributed by atoms with Gasteiger partial charge in [0.25, 0.3) is 5.56 Å². The van der Waals surface area contributed by atoms with E-state index in [4.69, 9.17) is 4.52 Å². The number of nitrogens with zero attached hydrogens (tertiary/aromatic N) is 2. The molecule has 122 valence electrons. The standard InChI is InChI=1S/C19H19N3O2/c1-11(2)9-13-7-8-15(18(23)20-13)17-21-19(24-22-17)16-10-12-5-3-4-6-14(12)16/h3-8,11,16H,9-10H2,1-2H3,(H,20,23). The Morgan fingerprint density at radius 1 is 1.25 bits per heavy atom. The molecule has 4 rings (SSSR count). The SMILES string of the molecule is CC(C)Cc1ccc(-c2noc(C3Cc4ccccc43)n2)c(=O)[nH]1. The van der Waals surface area contributed by atoms with Gasteiger partial charge in [-0.2, -0.15) is 4.98 Å². The molecule has 2 aromatic heterocycles. The van der Waals surface area contributed by atoms with Crippen LogP contribution >= 0.6 is 0 Å². The van der Waals surface area contributed by atoms with E-state index in [2.05, 4.69) is 41.1 Å². The highest BCUT2D eigenvalue weighted by atomic mass is 16.5. The molecule has 1 aromatic carbocycles. The number of benzene rings is 1. The highest BCUT2D eigenvalue weighted by Crippen LogP contribution is 2.39. The Bertz CT molecular complexity index is 940. The van der Waals surface area contributed by atoms with Crippen LogP contribution in [0.4, 0.5) is 0 Å². The van der Waals surface area contributed by atoms with E-state index in [0.717, 1.165) is 18.5 Å². The Hall–Kier alpha value is -2.69. The van der Waals surface area contributed by atoms with Crippen molar-refractivity contribution in [1.82, 2.24) is 15.1 Å². The predicted molar refractivity (Wildman–Crippen MR) is 90.9 cm³/mol. The first kappa shape index (κ1) is 14.9. The first-order valence-electron chi connectivity index (χ1n) is 8.26. The Labute approximate surface area is 139 Å². The second-order valence-electron chi connectivity index (χ2n) is 6.74. The highest BCUT2D eigenvalue weighted by Gasteiger charge is 2.32. The van der Waals surface area contributed by atoms with E-state index in [1.165, 1.54) is 11.1 Å². The Balaban J connectivity index is 1.61. The zero-order chi connectivity index (χ0) is 16.7. The molecular formula is C19H19N3O2. The maximum atomic E-state index is 12.3. The van der Waals surface area contributed by atoms with Crippen molar-refractivity contribution in [2.24, 2.45) is 5.92 Å². The lowest BCUT2D eigenvalue weighted by Crippen LogP contribution is -2.18. The number of nitrogens with one attached hydrogen (secondary N) is 1. The third-order valence-corrected chi connectivity index (χ3v) is 4.43. The summed E-state index contributed by atoms with van der Waals surface area (Å²) in [5, 5.41) is 4.01. The monoisotopic (exact) mass is 321 g/mol.